The van der Waals surface area contributed by atoms with Gasteiger partial charge in [-0.25, -0.2) is 0 Å². The number of rotatable bonds is 8. The molecule has 0 heterocycles. The number of nitrogens with one attached hydrogen (secondary N) is 2. The van der Waals surface area contributed by atoms with Gasteiger partial charge >= 0.3 is 0 Å². The van der Waals surface area contributed by atoms with Gasteiger partial charge in [-0.1, -0.05) is 12.1 Å². The number of carbonyl (C=O) groups is 2. The zero-order valence-corrected chi connectivity index (χ0v) is 15.7. The zero-order chi connectivity index (χ0) is 19.6. The third-order valence-corrected chi connectivity index (χ3v) is 3.48. The van der Waals surface area contributed by atoms with Crippen LogP contribution in [0.25, 0.3) is 0 Å². The fourth-order valence-corrected chi connectivity index (χ4v) is 2.28. The maximum absolute atomic E-state index is 12.2. The first-order valence-corrected chi connectivity index (χ1v) is 8.71. The summed E-state index contributed by atoms with van der Waals surface area (Å²) in [6.45, 7) is 6.36. The summed E-state index contributed by atoms with van der Waals surface area (Å²) < 4.78 is 16.3. The minimum absolute atomic E-state index is 0.211. The van der Waals surface area contributed by atoms with Crippen LogP contribution in [0.3, 0.4) is 0 Å². The lowest BCUT2D eigenvalue weighted by Gasteiger charge is -2.13. The van der Waals surface area contributed by atoms with Gasteiger partial charge in [0.2, 0.25) is 0 Å². The van der Waals surface area contributed by atoms with Gasteiger partial charge in [0.15, 0.2) is 18.1 Å². The third-order valence-electron chi connectivity index (χ3n) is 3.48. The summed E-state index contributed by atoms with van der Waals surface area (Å²) in [4.78, 5) is 24.1. The van der Waals surface area contributed by atoms with Crippen molar-refractivity contribution in [1.29, 1.82) is 0 Å². The Balaban J connectivity index is 1.88. The van der Waals surface area contributed by atoms with Crippen molar-refractivity contribution in [3.8, 4) is 17.2 Å². The van der Waals surface area contributed by atoms with Crippen LogP contribution in [0.1, 0.15) is 29.8 Å². The molecule has 0 aliphatic carbocycles. The molecule has 0 saturated heterocycles. The van der Waals surface area contributed by atoms with Crippen molar-refractivity contribution in [1.82, 2.24) is 10.9 Å². The van der Waals surface area contributed by atoms with Crippen LogP contribution in [0.4, 0.5) is 0 Å². The number of amides is 2. The fraction of sp³-hybridized carbons (Fsp3) is 0.300. The molecule has 7 nitrogen and oxygen atoms in total. The number of hydrogen-bond donors (Lipinski definition) is 2. The molecule has 0 unspecified atom stereocenters. The van der Waals surface area contributed by atoms with Gasteiger partial charge in [-0.3, -0.25) is 20.4 Å². The van der Waals surface area contributed by atoms with Crippen LogP contribution in [0.2, 0.25) is 0 Å². The van der Waals surface area contributed by atoms with Crippen LogP contribution in [0, 0.1) is 6.92 Å². The minimum Gasteiger partial charge on any atom is -0.490 e. The normalized spacial score (nSPS) is 10.0. The summed E-state index contributed by atoms with van der Waals surface area (Å²) in [5.41, 5.74) is 6.04. The summed E-state index contributed by atoms with van der Waals surface area (Å²) in [5, 5.41) is 0. The maximum atomic E-state index is 12.2. The lowest BCUT2D eigenvalue weighted by Crippen LogP contribution is -2.43. The van der Waals surface area contributed by atoms with E-state index in [1.54, 1.807) is 24.3 Å². The first-order valence-electron chi connectivity index (χ1n) is 8.71. The predicted octanol–water partition coefficient (Wildman–Crippen LogP) is 2.63. The highest BCUT2D eigenvalue weighted by Gasteiger charge is 2.12. The molecule has 2 rings (SSSR count). The summed E-state index contributed by atoms with van der Waals surface area (Å²) >= 11 is 0. The molecular weight excluding hydrogens is 348 g/mol. The Kier molecular flexibility index (Phi) is 7.49. The van der Waals surface area contributed by atoms with E-state index in [9.17, 15) is 9.59 Å². The van der Waals surface area contributed by atoms with Crippen LogP contribution >= 0.6 is 0 Å². The van der Waals surface area contributed by atoms with Crippen molar-refractivity contribution in [2.75, 3.05) is 19.8 Å². The van der Waals surface area contributed by atoms with Crippen LogP contribution in [-0.4, -0.2) is 31.6 Å². The van der Waals surface area contributed by atoms with Crippen molar-refractivity contribution in [2.24, 2.45) is 0 Å². The number of benzene rings is 2. The molecule has 2 aromatic rings. The van der Waals surface area contributed by atoms with Crippen LogP contribution < -0.4 is 25.1 Å². The Morgan fingerprint density at radius 3 is 2.33 bits per heavy atom. The Bertz CT molecular complexity index is 792. The summed E-state index contributed by atoms with van der Waals surface area (Å²) in [5.74, 6) is 0.681. The Morgan fingerprint density at radius 2 is 1.63 bits per heavy atom. The van der Waals surface area contributed by atoms with Gasteiger partial charge in [0.1, 0.15) is 5.75 Å². The number of aryl methyl sites for hydroxylation is 1. The minimum atomic E-state index is -0.471. The second kappa shape index (κ2) is 10.1. The molecule has 2 aromatic carbocycles. The number of carbonyl (C=O) groups excluding carboxylic acids is 2. The highest BCUT2D eigenvalue weighted by molar-refractivity contribution is 5.96. The Labute approximate surface area is 158 Å². The standard InChI is InChI=1S/C20H24N2O5/c1-4-25-17-10-9-15(12-18(17)26-5-2)20(24)22-21-19(23)13-27-16-8-6-7-14(3)11-16/h6-12H,4-5,13H2,1-3H3,(H,21,23)(H,22,24). The molecule has 0 aliphatic heterocycles. The van der Waals surface area contributed by atoms with Gasteiger partial charge in [0.25, 0.3) is 11.8 Å². The van der Waals surface area contributed by atoms with Crippen molar-refractivity contribution >= 4 is 11.8 Å². The molecule has 0 aromatic heterocycles. The average molecular weight is 372 g/mol. The van der Waals surface area contributed by atoms with Gasteiger partial charge in [-0.15, -0.1) is 0 Å². The van der Waals surface area contributed by atoms with Gasteiger partial charge in [-0.05, 0) is 56.7 Å². The Hall–Kier alpha value is -3.22. The Morgan fingerprint density at radius 1 is 0.889 bits per heavy atom. The lowest BCUT2D eigenvalue weighted by atomic mass is 10.2. The number of hydrogen-bond acceptors (Lipinski definition) is 5. The SMILES string of the molecule is CCOc1ccc(C(=O)NNC(=O)COc2cccc(C)c2)cc1OCC. The largest absolute Gasteiger partial charge is 0.490 e. The first kappa shape index (κ1) is 20.1. The summed E-state index contributed by atoms with van der Waals surface area (Å²) in [7, 11) is 0. The van der Waals surface area contributed by atoms with E-state index in [0.717, 1.165) is 5.56 Å². The van der Waals surface area contributed by atoms with Crippen molar-refractivity contribution in [3.63, 3.8) is 0 Å². The molecule has 7 heteroatoms. The molecule has 0 saturated carbocycles. The van der Waals surface area contributed by atoms with Gasteiger partial charge in [0, 0.05) is 5.56 Å². The number of ether oxygens (including phenoxy) is 3. The zero-order valence-electron chi connectivity index (χ0n) is 15.7. The molecule has 0 bridgehead atoms. The quantitative estimate of drug-likeness (QED) is 0.696. The lowest BCUT2D eigenvalue weighted by molar-refractivity contribution is -0.123. The molecule has 0 aliphatic rings. The van der Waals surface area contributed by atoms with Gasteiger partial charge in [-0.2, -0.15) is 0 Å². The van der Waals surface area contributed by atoms with Crippen LogP contribution in [-0.2, 0) is 4.79 Å². The second-order valence-corrected chi connectivity index (χ2v) is 5.64. The average Bonchev–Trinajstić information content (AvgIpc) is 2.66. The van der Waals surface area contributed by atoms with Gasteiger partial charge in [0.05, 0.1) is 13.2 Å². The number of hydrazine groups is 1. The molecule has 2 N–H and O–H groups in total. The maximum Gasteiger partial charge on any atom is 0.276 e. The van der Waals surface area contributed by atoms with Crippen molar-refractivity contribution < 1.29 is 23.8 Å². The van der Waals surface area contributed by atoms with Crippen LogP contribution in [0.15, 0.2) is 42.5 Å². The van der Waals surface area contributed by atoms with Crippen molar-refractivity contribution in [3.05, 3.63) is 53.6 Å². The van der Waals surface area contributed by atoms with E-state index in [0.29, 0.717) is 36.0 Å². The smallest absolute Gasteiger partial charge is 0.276 e. The molecule has 144 valence electrons. The predicted molar refractivity (Wildman–Crippen MR) is 101 cm³/mol. The second-order valence-electron chi connectivity index (χ2n) is 5.64. The molecule has 0 fully saturated rings. The fourth-order valence-electron chi connectivity index (χ4n) is 2.28. The van der Waals surface area contributed by atoms with Gasteiger partial charge < -0.3 is 14.2 Å². The van der Waals surface area contributed by atoms with Crippen LogP contribution in [0.5, 0.6) is 17.2 Å². The summed E-state index contributed by atoms with van der Waals surface area (Å²) in [6, 6.07) is 12.2. The molecule has 0 radical (unpaired) electrons. The van der Waals surface area contributed by atoms with E-state index in [1.807, 2.05) is 39.0 Å². The van der Waals surface area contributed by atoms with E-state index >= 15 is 0 Å². The monoisotopic (exact) mass is 372 g/mol. The van der Waals surface area contributed by atoms with E-state index in [4.69, 9.17) is 14.2 Å². The third kappa shape index (κ3) is 6.22. The first-order chi connectivity index (χ1) is 13.0. The van der Waals surface area contributed by atoms with E-state index in [1.165, 1.54) is 0 Å². The molecule has 0 spiro atoms. The highest BCUT2D eigenvalue weighted by atomic mass is 16.5. The molecule has 0 atom stereocenters. The van der Waals surface area contributed by atoms with E-state index in [2.05, 4.69) is 10.9 Å². The molecular formula is C20H24N2O5. The highest BCUT2D eigenvalue weighted by Crippen LogP contribution is 2.28. The molecule has 2 amide bonds. The topological polar surface area (TPSA) is 85.9 Å². The molecule has 27 heavy (non-hydrogen) atoms. The van der Waals surface area contributed by atoms with E-state index < -0.39 is 11.8 Å². The summed E-state index contributed by atoms with van der Waals surface area (Å²) in [6.07, 6.45) is 0. The van der Waals surface area contributed by atoms with Crippen molar-refractivity contribution in [2.45, 2.75) is 20.8 Å². The van der Waals surface area contributed by atoms with E-state index in [-0.39, 0.29) is 6.61 Å².